The molecule has 0 radical (unpaired) electrons. The summed E-state index contributed by atoms with van der Waals surface area (Å²) in [6, 6.07) is 5.34. The second-order valence-corrected chi connectivity index (χ2v) is 5.17. The zero-order valence-corrected chi connectivity index (χ0v) is 10.1. The second-order valence-electron chi connectivity index (χ2n) is 3.88. The summed E-state index contributed by atoms with van der Waals surface area (Å²) in [7, 11) is 0. The number of nitrogens with zero attached hydrogens (tertiary/aromatic N) is 1. The smallest absolute Gasteiger partial charge is 0.370 e. The predicted molar refractivity (Wildman–Crippen MR) is 61.0 cm³/mol. The molecule has 1 heterocycles. The number of hydrogen-bond donors (Lipinski definition) is 0. The van der Waals surface area contributed by atoms with Gasteiger partial charge in [0, 0.05) is 23.6 Å². The van der Waals surface area contributed by atoms with E-state index in [1.807, 2.05) is 0 Å². The van der Waals surface area contributed by atoms with Gasteiger partial charge in [0.25, 0.3) is 0 Å². The Bertz CT molecular complexity index is 360. The molecule has 88 valence electrons. The third kappa shape index (κ3) is 2.51. The van der Waals surface area contributed by atoms with Crippen LogP contribution in [0.4, 0.5) is 18.9 Å². The van der Waals surface area contributed by atoms with Crippen LogP contribution in [0.1, 0.15) is 12.0 Å². The third-order valence-corrected chi connectivity index (χ3v) is 3.44. The molecule has 1 unspecified atom stereocenters. The van der Waals surface area contributed by atoms with Gasteiger partial charge in [-0.25, -0.2) is 0 Å². The number of rotatable bonds is 1. The van der Waals surface area contributed by atoms with Gasteiger partial charge >= 0.3 is 6.18 Å². The van der Waals surface area contributed by atoms with Crippen molar-refractivity contribution in [2.24, 2.45) is 0 Å². The molecule has 1 aliphatic heterocycles. The van der Waals surface area contributed by atoms with Crippen molar-refractivity contribution in [3.8, 4) is 0 Å². The first-order valence-corrected chi connectivity index (χ1v) is 5.94. The summed E-state index contributed by atoms with van der Waals surface area (Å²) >= 11 is 3.50. The molecule has 5 heteroatoms. The molecule has 0 saturated carbocycles. The lowest BCUT2D eigenvalue weighted by Crippen LogP contribution is -2.19. The van der Waals surface area contributed by atoms with Crippen molar-refractivity contribution in [3.63, 3.8) is 0 Å². The summed E-state index contributed by atoms with van der Waals surface area (Å²) in [6.07, 6.45) is -3.22. The topological polar surface area (TPSA) is 3.24 Å². The fourth-order valence-electron chi connectivity index (χ4n) is 1.81. The average Bonchev–Trinajstić information content (AvgIpc) is 2.64. The maximum absolute atomic E-state index is 12.3. The molecule has 0 amide bonds. The Hall–Kier alpha value is -0.710. The Morgan fingerprint density at radius 1 is 1.19 bits per heavy atom. The van der Waals surface area contributed by atoms with Crippen LogP contribution < -0.4 is 4.90 Å². The monoisotopic (exact) mass is 293 g/mol. The van der Waals surface area contributed by atoms with Gasteiger partial charge in [0.05, 0.1) is 5.56 Å². The van der Waals surface area contributed by atoms with E-state index >= 15 is 0 Å². The van der Waals surface area contributed by atoms with Crippen molar-refractivity contribution in [1.82, 2.24) is 0 Å². The molecule has 0 bridgehead atoms. The fraction of sp³-hybridized carbons (Fsp3) is 0.455. The highest BCUT2D eigenvalue weighted by Gasteiger charge is 2.30. The molecule has 1 saturated heterocycles. The highest BCUT2D eigenvalue weighted by atomic mass is 79.9. The zero-order chi connectivity index (χ0) is 11.8. The van der Waals surface area contributed by atoms with Gasteiger partial charge < -0.3 is 4.90 Å². The molecular formula is C11H11BrF3N. The minimum Gasteiger partial charge on any atom is -0.370 e. The average molecular weight is 294 g/mol. The summed E-state index contributed by atoms with van der Waals surface area (Å²) in [5.74, 6) is 0. The summed E-state index contributed by atoms with van der Waals surface area (Å²) in [5, 5.41) is 0. The minimum absolute atomic E-state index is 0.440. The van der Waals surface area contributed by atoms with Crippen molar-refractivity contribution >= 4 is 21.6 Å². The molecule has 0 N–H and O–H groups in total. The van der Waals surface area contributed by atoms with Crippen molar-refractivity contribution < 1.29 is 13.2 Å². The first-order chi connectivity index (χ1) is 7.47. The molecule has 1 aromatic carbocycles. The lowest BCUT2D eigenvalue weighted by atomic mass is 10.2. The maximum Gasteiger partial charge on any atom is 0.416 e. The van der Waals surface area contributed by atoms with Crippen LogP contribution in [-0.2, 0) is 6.18 Å². The van der Waals surface area contributed by atoms with Gasteiger partial charge in [-0.05, 0) is 30.7 Å². The number of anilines is 1. The molecular weight excluding hydrogens is 283 g/mol. The summed E-state index contributed by atoms with van der Waals surface area (Å²) in [4.78, 5) is 2.52. The van der Waals surface area contributed by atoms with Gasteiger partial charge in [-0.15, -0.1) is 0 Å². The van der Waals surface area contributed by atoms with Gasteiger partial charge in [0.2, 0.25) is 0 Å². The summed E-state index contributed by atoms with van der Waals surface area (Å²) < 4.78 is 37.0. The van der Waals surface area contributed by atoms with Gasteiger partial charge in [-0.1, -0.05) is 15.9 Å². The van der Waals surface area contributed by atoms with Crippen molar-refractivity contribution in [2.45, 2.75) is 17.4 Å². The Morgan fingerprint density at radius 2 is 1.81 bits per heavy atom. The quantitative estimate of drug-likeness (QED) is 0.714. The number of benzene rings is 1. The molecule has 1 aliphatic rings. The van der Waals surface area contributed by atoms with E-state index in [1.54, 1.807) is 0 Å². The number of hydrogen-bond acceptors (Lipinski definition) is 1. The Balaban J connectivity index is 2.14. The standard InChI is InChI=1S/C11H11BrF3N/c12-9-5-6-16(7-9)10-3-1-8(2-4-10)11(13,14)15/h1-4,9H,5-7H2. The van der Waals surface area contributed by atoms with E-state index < -0.39 is 11.7 Å². The van der Waals surface area contributed by atoms with Crippen LogP contribution in [0.15, 0.2) is 24.3 Å². The molecule has 1 nitrogen and oxygen atoms in total. The highest BCUT2D eigenvalue weighted by Crippen LogP contribution is 2.31. The SMILES string of the molecule is FC(F)(F)c1ccc(N2CCC(Br)C2)cc1. The summed E-state index contributed by atoms with van der Waals surface area (Å²) in [6.45, 7) is 1.74. The van der Waals surface area contributed by atoms with Gasteiger partial charge in [0.15, 0.2) is 0 Å². The van der Waals surface area contributed by atoms with Crippen LogP contribution in [0.25, 0.3) is 0 Å². The van der Waals surface area contributed by atoms with E-state index in [-0.39, 0.29) is 0 Å². The van der Waals surface area contributed by atoms with Crippen LogP contribution in [0.3, 0.4) is 0 Å². The predicted octanol–water partition coefficient (Wildman–Crippen LogP) is 3.68. The highest BCUT2D eigenvalue weighted by molar-refractivity contribution is 9.09. The van der Waals surface area contributed by atoms with Crippen molar-refractivity contribution in [1.29, 1.82) is 0 Å². The van der Waals surface area contributed by atoms with Crippen molar-refractivity contribution in [3.05, 3.63) is 29.8 Å². The van der Waals surface area contributed by atoms with Crippen molar-refractivity contribution in [2.75, 3.05) is 18.0 Å². The summed E-state index contributed by atoms with van der Waals surface area (Å²) in [5.41, 5.74) is 0.265. The molecule has 0 aromatic heterocycles. The van der Waals surface area contributed by atoms with Crippen LogP contribution in [0.2, 0.25) is 0 Å². The molecule has 16 heavy (non-hydrogen) atoms. The van der Waals surface area contributed by atoms with Gasteiger partial charge in [0.1, 0.15) is 0 Å². The van der Waals surface area contributed by atoms with Crippen LogP contribution in [0, 0.1) is 0 Å². The lowest BCUT2D eigenvalue weighted by molar-refractivity contribution is -0.137. The normalized spacial score (nSPS) is 21.5. The maximum atomic E-state index is 12.3. The van der Waals surface area contributed by atoms with E-state index in [2.05, 4.69) is 20.8 Å². The van der Waals surface area contributed by atoms with Crippen LogP contribution in [-0.4, -0.2) is 17.9 Å². The van der Waals surface area contributed by atoms with E-state index in [0.29, 0.717) is 4.83 Å². The van der Waals surface area contributed by atoms with E-state index in [9.17, 15) is 13.2 Å². The molecule has 0 aliphatic carbocycles. The second kappa shape index (κ2) is 4.28. The van der Waals surface area contributed by atoms with E-state index in [4.69, 9.17) is 0 Å². The molecule has 2 rings (SSSR count). The Kier molecular flexibility index (Phi) is 3.15. The first kappa shape index (κ1) is 11.8. The zero-order valence-electron chi connectivity index (χ0n) is 8.47. The van der Waals surface area contributed by atoms with E-state index in [0.717, 1.165) is 37.3 Å². The van der Waals surface area contributed by atoms with Crippen LogP contribution in [0.5, 0.6) is 0 Å². The first-order valence-electron chi connectivity index (χ1n) is 5.03. The third-order valence-electron chi connectivity index (χ3n) is 2.69. The Labute approximate surface area is 100 Å². The lowest BCUT2D eigenvalue weighted by Gasteiger charge is -2.18. The Morgan fingerprint density at radius 3 is 2.25 bits per heavy atom. The minimum atomic E-state index is -4.25. The van der Waals surface area contributed by atoms with Crippen LogP contribution >= 0.6 is 15.9 Å². The van der Waals surface area contributed by atoms with Gasteiger partial charge in [-0.2, -0.15) is 13.2 Å². The molecule has 1 fully saturated rings. The molecule has 1 aromatic rings. The fourth-order valence-corrected chi connectivity index (χ4v) is 2.37. The number of halogens is 4. The number of alkyl halides is 4. The largest absolute Gasteiger partial charge is 0.416 e. The molecule has 1 atom stereocenters. The molecule has 0 spiro atoms. The van der Waals surface area contributed by atoms with Gasteiger partial charge in [-0.3, -0.25) is 0 Å². The van der Waals surface area contributed by atoms with E-state index in [1.165, 1.54) is 12.1 Å².